The van der Waals surface area contributed by atoms with E-state index in [-0.39, 0.29) is 29.8 Å². The highest BCUT2D eigenvalue weighted by molar-refractivity contribution is 6.07. The second-order valence-electron chi connectivity index (χ2n) is 6.89. The molecule has 1 aromatic carbocycles. The highest BCUT2D eigenvalue weighted by atomic mass is 19.1. The van der Waals surface area contributed by atoms with Crippen LogP contribution < -0.4 is 16.0 Å². The lowest BCUT2D eigenvalue weighted by Gasteiger charge is -2.14. The molecule has 27 heavy (non-hydrogen) atoms. The van der Waals surface area contributed by atoms with E-state index in [2.05, 4.69) is 20.9 Å². The largest absolute Gasteiger partial charge is 0.387 e. The number of rotatable bonds is 8. The molecular weight excluding hydrogens is 347 g/mol. The van der Waals surface area contributed by atoms with E-state index in [0.29, 0.717) is 28.7 Å². The number of halogens is 1. The Morgan fingerprint density at radius 1 is 1.30 bits per heavy atom. The minimum atomic E-state index is -0.474. The van der Waals surface area contributed by atoms with Crippen molar-refractivity contribution in [2.75, 3.05) is 18.9 Å². The van der Waals surface area contributed by atoms with Crippen LogP contribution in [0.2, 0.25) is 0 Å². The van der Waals surface area contributed by atoms with Crippen molar-refractivity contribution < 1.29 is 14.0 Å². The number of amides is 2. The fourth-order valence-corrected chi connectivity index (χ4v) is 2.97. The first-order chi connectivity index (χ1) is 13.0. The molecule has 1 aliphatic rings. The van der Waals surface area contributed by atoms with Crippen LogP contribution in [-0.4, -0.2) is 36.4 Å². The minimum absolute atomic E-state index is 0.0485. The quantitative estimate of drug-likeness (QED) is 0.622. The first kappa shape index (κ1) is 19.1. The summed E-state index contributed by atoms with van der Waals surface area (Å²) in [5, 5.41) is 9.39. The standard InChI is InChI=1S/C20H25FN4O2/c1-3-4-7-23-18(26)9-12-8-14-17(10-16(12)21)24-11-15(19(14)22-2)20(27)25-13-5-6-13/h8,10-11,13H,3-7,9H2,1-2H3,(H,22,24)(H,23,26)(H,25,27). The third-order valence-electron chi connectivity index (χ3n) is 4.65. The Kier molecular flexibility index (Phi) is 5.88. The number of anilines is 1. The van der Waals surface area contributed by atoms with Gasteiger partial charge in [-0.2, -0.15) is 0 Å². The number of carbonyl (C=O) groups is 2. The van der Waals surface area contributed by atoms with Crippen LogP contribution in [0.5, 0.6) is 0 Å². The lowest BCUT2D eigenvalue weighted by Crippen LogP contribution is -2.27. The van der Waals surface area contributed by atoms with Crippen molar-refractivity contribution in [1.82, 2.24) is 15.6 Å². The number of hydrogen-bond donors (Lipinski definition) is 3. The van der Waals surface area contributed by atoms with Gasteiger partial charge in [0.25, 0.3) is 5.91 Å². The maximum Gasteiger partial charge on any atom is 0.255 e. The number of carbonyl (C=O) groups excluding carboxylic acids is 2. The SMILES string of the molecule is CCCCNC(=O)Cc1cc2c(NC)c(C(=O)NC3CC3)cnc2cc1F. The average Bonchev–Trinajstić information content (AvgIpc) is 3.45. The van der Waals surface area contributed by atoms with Crippen LogP contribution in [0.4, 0.5) is 10.1 Å². The molecule has 0 unspecified atom stereocenters. The van der Waals surface area contributed by atoms with Gasteiger partial charge in [0.05, 0.1) is 23.2 Å². The van der Waals surface area contributed by atoms with E-state index in [9.17, 15) is 14.0 Å². The zero-order chi connectivity index (χ0) is 19.4. The lowest BCUT2D eigenvalue weighted by molar-refractivity contribution is -0.120. The second kappa shape index (κ2) is 8.33. The van der Waals surface area contributed by atoms with Gasteiger partial charge in [-0.25, -0.2) is 4.39 Å². The Labute approximate surface area is 157 Å². The number of benzene rings is 1. The van der Waals surface area contributed by atoms with Crippen molar-refractivity contribution in [3.63, 3.8) is 0 Å². The molecule has 0 atom stereocenters. The van der Waals surface area contributed by atoms with E-state index in [4.69, 9.17) is 0 Å². The predicted octanol–water partition coefficient (Wildman–Crippen LogP) is 2.77. The Balaban J connectivity index is 1.90. The molecule has 1 aliphatic carbocycles. The molecule has 1 saturated carbocycles. The van der Waals surface area contributed by atoms with Gasteiger partial charge in [0, 0.05) is 37.3 Å². The molecule has 1 aromatic heterocycles. The molecular formula is C20H25FN4O2. The monoisotopic (exact) mass is 372 g/mol. The summed E-state index contributed by atoms with van der Waals surface area (Å²) in [5.41, 5.74) is 1.73. The van der Waals surface area contributed by atoms with Gasteiger partial charge in [-0.15, -0.1) is 0 Å². The number of nitrogens with one attached hydrogen (secondary N) is 3. The van der Waals surface area contributed by atoms with Gasteiger partial charge < -0.3 is 16.0 Å². The van der Waals surface area contributed by atoms with Crippen LogP contribution in [0.3, 0.4) is 0 Å². The smallest absolute Gasteiger partial charge is 0.255 e. The number of nitrogens with zero attached hydrogens (tertiary/aromatic N) is 1. The van der Waals surface area contributed by atoms with E-state index in [0.717, 1.165) is 25.7 Å². The summed E-state index contributed by atoms with van der Waals surface area (Å²) in [6.07, 6.45) is 5.26. The van der Waals surface area contributed by atoms with Gasteiger partial charge in [0.15, 0.2) is 0 Å². The van der Waals surface area contributed by atoms with Crippen molar-refractivity contribution in [2.24, 2.45) is 0 Å². The second-order valence-corrected chi connectivity index (χ2v) is 6.89. The molecule has 0 bridgehead atoms. The fraction of sp³-hybridized carbons (Fsp3) is 0.450. The van der Waals surface area contributed by atoms with E-state index < -0.39 is 5.82 Å². The molecule has 3 N–H and O–H groups in total. The summed E-state index contributed by atoms with van der Waals surface area (Å²) in [6.45, 7) is 2.62. The Bertz CT molecular complexity index is 865. The predicted molar refractivity (Wildman–Crippen MR) is 103 cm³/mol. The van der Waals surface area contributed by atoms with E-state index >= 15 is 0 Å². The number of pyridine rings is 1. The normalized spacial score (nSPS) is 13.4. The van der Waals surface area contributed by atoms with Gasteiger partial charge in [0.2, 0.25) is 5.91 Å². The Morgan fingerprint density at radius 3 is 2.74 bits per heavy atom. The third-order valence-corrected chi connectivity index (χ3v) is 4.65. The number of unbranched alkanes of at least 4 members (excludes halogenated alkanes) is 1. The van der Waals surface area contributed by atoms with Gasteiger partial charge in [-0.1, -0.05) is 13.3 Å². The molecule has 7 heteroatoms. The van der Waals surface area contributed by atoms with Crippen molar-refractivity contribution in [2.45, 2.75) is 45.1 Å². The number of aromatic nitrogens is 1. The Hall–Kier alpha value is -2.70. The van der Waals surface area contributed by atoms with Crippen LogP contribution in [0.25, 0.3) is 10.9 Å². The van der Waals surface area contributed by atoms with E-state index in [1.165, 1.54) is 12.3 Å². The van der Waals surface area contributed by atoms with Crippen molar-refractivity contribution in [3.05, 3.63) is 35.3 Å². The number of fused-ring (bicyclic) bond motifs is 1. The van der Waals surface area contributed by atoms with Crippen molar-refractivity contribution >= 4 is 28.4 Å². The van der Waals surface area contributed by atoms with Crippen molar-refractivity contribution in [3.8, 4) is 0 Å². The first-order valence-electron chi connectivity index (χ1n) is 9.40. The molecule has 0 aliphatic heterocycles. The molecule has 1 heterocycles. The summed E-state index contributed by atoms with van der Waals surface area (Å²) in [7, 11) is 1.71. The molecule has 0 spiro atoms. The zero-order valence-electron chi connectivity index (χ0n) is 15.7. The van der Waals surface area contributed by atoms with Crippen LogP contribution in [0, 0.1) is 5.82 Å². The average molecular weight is 372 g/mol. The Morgan fingerprint density at radius 2 is 2.07 bits per heavy atom. The maximum absolute atomic E-state index is 14.4. The van der Waals surface area contributed by atoms with E-state index in [1.807, 2.05) is 6.92 Å². The lowest BCUT2D eigenvalue weighted by atomic mass is 10.0. The van der Waals surface area contributed by atoms with Crippen LogP contribution >= 0.6 is 0 Å². The van der Waals surface area contributed by atoms with E-state index in [1.54, 1.807) is 13.1 Å². The highest BCUT2D eigenvalue weighted by Gasteiger charge is 2.25. The van der Waals surface area contributed by atoms with Crippen LogP contribution in [0.15, 0.2) is 18.3 Å². The molecule has 6 nitrogen and oxygen atoms in total. The highest BCUT2D eigenvalue weighted by Crippen LogP contribution is 2.29. The third kappa shape index (κ3) is 4.53. The van der Waals surface area contributed by atoms with Crippen LogP contribution in [-0.2, 0) is 11.2 Å². The van der Waals surface area contributed by atoms with Crippen LogP contribution in [0.1, 0.15) is 48.5 Å². The van der Waals surface area contributed by atoms with Gasteiger partial charge in [-0.3, -0.25) is 14.6 Å². The molecule has 1 fully saturated rings. The molecule has 144 valence electrons. The van der Waals surface area contributed by atoms with Gasteiger partial charge >= 0.3 is 0 Å². The number of hydrogen-bond acceptors (Lipinski definition) is 4. The molecule has 0 saturated heterocycles. The molecule has 2 amide bonds. The zero-order valence-corrected chi connectivity index (χ0v) is 15.7. The first-order valence-corrected chi connectivity index (χ1v) is 9.40. The summed E-state index contributed by atoms with van der Waals surface area (Å²) < 4.78 is 14.4. The topological polar surface area (TPSA) is 83.1 Å². The summed E-state index contributed by atoms with van der Waals surface area (Å²) in [6, 6.07) is 3.15. The summed E-state index contributed by atoms with van der Waals surface area (Å²) >= 11 is 0. The van der Waals surface area contributed by atoms with Gasteiger partial charge in [0.1, 0.15) is 5.82 Å². The molecule has 0 radical (unpaired) electrons. The molecule has 2 aromatic rings. The summed E-state index contributed by atoms with van der Waals surface area (Å²) in [4.78, 5) is 28.8. The minimum Gasteiger partial charge on any atom is -0.387 e. The maximum atomic E-state index is 14.4. The molecule has 3 rings (SSSR count). The van der Waals surface area contributed by atoms with Crippen molar-refractivity contribution in [1.29, 1.82) is 0 Å². The summed E-state index contributed by atoms with van der Waals surface area (Å²) in [5.74, 6) is -0.888. The fourth-order valence-electron chi connectivity index (χ4n) is 2.97. The van der Waals surface area contributed by atoms with Gasteiger partial charge in [-0.05, 0) is 30.9 Å².